The van der Waals surface area contributed by atoms with Crippen molar-refractivity contribution in [1.82, 2.24) is 0 Å². The number of thiophene rings is 2. The molecule has 0 fully saturated rings. The second-order valence-electron chi connectivity index (χ2n) is 14.5. The summed E-state index contributed by atoms with van der Waals surface area (Å²) in [6.07, 6.45) is 15.0. The zero-order valence-corrected chi connectivity index (χ0v) is 36.5. The largest absolute Gasteiger partial charge is 0.491 e. The zero-order valence-electron chi connectivity index (χ0n) is 33.2. The highest BCUT2D eigenvalue weighted by molar-refractivity contribution is 8.03. The van der Waals surface area contributed by atoms with Gasteiger partial charge in [0.15, 0.2) is 6.54 Å². The van der Waals surface area contributed by atoms with Crippen molar-refractivity contribution in [2.45, 2.75) is 11.4 Å². The van der Waals surface area contributed by atoms with Crippen molar-refractivity contribution >= 4 is 89.3 Å². The normalized spacial score (nSPS) is 13.6. The molecule has 10 rings (SSSR count). The minimum absolute atomic E-state index is 0.561. The average Bonchev–Trinajstić information content (AvgIpc) is 4.14. The number of thiazole rings is 1. The summed E-state index contributed by atoms with van der Waals surface area (Å²) in [7, 11) is 0. The lowest BCUT2D eigenvalue weighted by Gasteiger charge is -2.21. The summed E-state index contributed by atoms with van der Waals surface area (Å²) in [5.41, 5.74) is 4.91. The third kappa shape index (κ3) is 8.58. The first-order valence-corrected chi connectivity index (χ1v) is 23.7. The second-order valence-corrected chi connectivity index (χ2v) is 18.5. The Morgan fingerprint density at radius 3 is 1.93 bits per heavy atom. The summed E-state index contributed by atoms with van der Waals surface area (Å²) >= 11 is 7.16. The Morgan fingerprint density at radius 1 is 0.574 bits per heavy atom. The number of rotatable bonds is 14. The van der Waals surface area contributed by atoms with Crippen LogP contribution in [0, 0.1) is 0 Å². The summed E-state index contributed by atoms with van der Waals surface area (Å²) in [5.74, 6) is 1.83. The number of hydrogen-bond donors (Lipinski definition) is 0. The molecule has 4 heterocycles. The molecule has 8 heteroatoms. The van der Waals surface area contributed by atoms with E-state index >= 15 is 0 Å². The molecular weight excluding hydrogens is 825 g/mol. The fourth-order valence-electron chi connectivity index (χ4n) is 7.71. The lowest BCUT2D eigenvalue weighted by molar-refractivity contribution is -0.669. The number of benzene rings is 6. The molecule has 1 aliphatic heterocycles. The lowest BCUT2D eigenvalue weighted by Crippen LogP contribution is -2.38. The van der Waals surface area contributed by atoms with Gasteiger partial charge in [0.1, 0.15) is 29.4 Å². The van der Waals surface area contributed by atoms with Crippen LogP contribution in [0.5, 0.6) is 11.5 Å². The molecule has 0 unspecified atom stereocenters. The summed E-state index contributed by atoms with van der Waals surface area (Å²) in [4.78, 5) is 6.19. The van der Waals surface area contributed by atoms with Crippen molar-refractivity contribution in [3.63, 3.8) is 0 Å². The summed E-state index contributed by atoms with van der Waals surface area (Å²) in [5, 5.41) is 11.3. The Kier molecular flexibility index (Phi) is 11.6. The lowest BCUT2D eigenvalue weighted by atomic mass is 10.1. The highest BCUT2D eigenvalue weighted by Gasteiger charge is 2.26. The van der Waals surface area contributed by atoms with Gasteiger partial charge in [-0.1, -0.05) is 151 Å². The van der Waals surface area contributed by atoms with E-state index in [-0.39, 0.29) is 0 Å². The van der Waals surface area contributed by atoms with Crippen molar-refractivity contribution in [2.75, 3.05) is 24.7 Å². The Morgan fingerprint density at radius 2 is 1.21 bits per heavy atom. The Bertz CT molecular complexity index is 3070. The topological polar surface area (TPSA) is 25.6 Å². The standard InChI is InChI=1S/C53H41N2O2S4/c1(2-4-24-52-54(30-32-56-46-20-10-16-38-14-6-8-18-42(38)46)44-36-40(26-28-50(44)60-52)48-22-12-34-58-48)3-5-25-53-55(31-33-57-47-21-11-17-39-15-7-9-19-43(39)47)45-37-41(27-29-51(45)61-53)49-23-13-35-59-49/h1-29,34-37H,30-33H2/q+1. The van der Waals surface area contributed by atoms with Crippen LogP contribution in [0.1, 0.15) is 5.01 Å². The average molecular weight is 866 g/mol. The maximum Gasteiger partial charge on any atom is 0.262 e. The first kappa shape index (κ1) is 39.0. The molecule has 0 spiro atoms. The molecule has 0 saturated heterocycles. The van der Waals surface area contributed by atoms with E-state index in [4.69, 9.17) is 9.47 Å². The number of hydrogen-bond acceptors (Lipinski definition) is 7. The number of fused-ring (bicyclic) bond motifs is 4. The first-order chi connectivity index (χ1) is 30.2. The van der Waals surface area contributed by atoms with E-state index in [1.165, 1.54) is 62.5 Å². The monoisotopic (exact) mass is 865 g/mol. The predicted octanol–water partition coefficient (Wildman–Crippen LogP) is 14.7. The smallest absolute Gasteiger partial charge is 0.262 e. The third-order valence-corrected chi connectivity index (χ3v) is 14.7. The maximum atomic E-state index is 6.44. The van der Waals surface area contributed by atoms with Gasteiger partial charge < -0.3 is 14.4 Å². The van der Waals surface area contributed by atoms with Crippen LogP contribution in [0.3, 0.4) is 0 Å². The van der Waals surface area contributed by atoms with Gasteiger partial charge in [-0.2, -0.15) is 4.57 Å². The minimum atomic E-state index is 0.561. The Balaban J connectivity index is 0.862. The number of allylic oxidation sites excluding steroid dienone is 6. The first-order valence-electron chi connectivity index (χ1n) is 20.3. The number of aromatic nitrogens is 1. The Hall–Kier alpha value is -6.16. The molecule has 1 aliphatic rings. The van der Waals surface area contributed by atoms with Crippen LogP contribution in [0.25, 0.3) is 58.7 Å². The van der Waals surface area contributed by atoms with Crippen LogP contribution >= 0.6 is 45.8 Å². The SMILES string of the molecule is C(/C=C/C=C/C=C/c1sc2ccc(-c3cccs3)cc2[n+]1CCOc1cccc2ccccc12)=C1/Sc2ccc(-c3cccs3)cc2N1CCOc1cccc2ccccc12. The van der Waals surface area contributed by atoms with Crippen LogP contribution in [0.2, 0.25) is 0 Å². The van der Waals surface area contributed by atoms with Crippen LogP contribution in [0.15, 0.2) is 203 Å². The van der Waals surface area contributed by atoms with Gasteiger partial charge in [-0.05, 0) is 81.2 Å². The molecule has 4 nitrogen and oxygen atoms in total. The molecule has 3 aromatic heterocycles. The van der Waals surface area contributed by atoms with Gasteiger partial charge >= 0.3 is 0 Å². The Labute approximate surface area is 372 Å². The van der Waals surface area contributed by atoms with Crippen molar-refractivity contribution in [3.8, 4) is 32.4 Å². The second kappa shape index (κ2) is 18.2. The minimum Gasteiger partial charge on any atom is -0.491 e. The van der Waals surface area contributed by atoms with E-state index < -0.39 is 0 Å². The molecule has 298 valence electrons. The van der Waals surface area contributed by atoms with Gasteiger partial charge in [-0.3, -0.25) is 0 Å². The number of ether oxygens (including phenoxy) is 2. The summed E-state index contributed by atoms with van der Waals surface area (Å²) < 4.78 is 16.5. The highest BCUT2D eigenvalue weighted by Crippen LogP contribution is 2.47. The molecule has 6 aromatic carbocycles. The molecule has 0 aliphatic carbocycles. The van der Waals surface area contributed by atoms with Gasteiger partial charge in [-0.25, -0.2) is 0 Å². The molecular formula is C53H41N2O2S4+. The number of thioether (sulfide) groups is 1. The van der Waals surface area contributed by atoms with E-state index in [0.717, 1.165) is 35.4 Å². The van der Waals surface area contributed by atoms with E-state index in [1.807, 2.05) is 23.1 Å². The van der Waals surface area contributed by atoms with Gasteiger partial charge in [-0.15, -0.1) is 22.7 Å². The molecule has 0 N–H and O–H groups in total. The molecule has 0 atom stereocenters. The van der Waals surface area contributed by atoms with Crippen LogP contribution < -0.4 is 18.9 Å². The van der Waals surface area contributed by atoms with Crippen molar-refractivity contribution in [3.05, 3.63) is 203 Å². The van der Waals surface area contributed by atoms with Crippen molar-refractivity contribution < 1.29 is 14.0 Å². The quantitative estimate of drug-likeness (QED) is 0.0803. The van der Waals surface area contributed by atoms with Crippen molar-refractivity contribution in [2.24, 2.45) is 0 Å². The number of anilines is 1. The van der Waals surface area contributed by atoms with Crippen LogP contribution in [0.4, 0.5) is 5.69 Å². The van der Waals surface area contributed by atoms with Crippen LogP contribution in [-0.4, -0.2) is 19.8 Å². The fraction of sp³-hybridized carbons (Fsp3) is 0.0755. The third-order valence-electron chi connectivity index (χ3n) is 10.6. The molecule has 0 saturated carbocycles. The van der Waals surface area contributed by atoms with E-state index in [1.54, 1.807) is 22.7 Å². The molecule has 61 heavy (non-hydrogen) atoms. The molecule has 9 aromatic rings. The van der Waals surface area contributed by atoms with E-state index in [9.17, 15) is 0 Å². The fourth-order valence-corrected chi connectivity index (χ4v) is 11.3. The molecule has 0 radical (unpaired) electrons. The van der Waals surface area contributed by atoms with Gasteiger partial charge in [0.05, 0.1) is 17.3 Å². The summed E-state index contributed by atoms with van der Waals surface area (Å²) in [6.45, 7) is 2.58. The van der Waals surface area contributed by atoms with Crippen molar-refractivity contribution in [1.29, 1.82) is 0 Å². The molecule has 0 bridgehead atoms. The predicted molar refractivity (Wildman–Crippen MR) is 263 cm³/mol. The summed E-state index contributed by atoms with van der Waals surface area (Å²) in [6, 6.07) is 51.5. The van der Waals surface area contributed by atoms with E-state index in [0.29, 0.717) is 13.2 Å². The van der Waals surface area contributed by atoms with E-state index in [2.05, 4.69) is 208 Å². The van der Waals surface area contributed by atoms with Gasteiger partial charge in [0.25, 0.3) is 5.01 Å². The van der Waals surface area contributed by atoms with Gasteiger partial charge in [0, 0.05) is 37.6 Å². The molecule has 0 amide bonds. The van der Waals surface area contributed by atoms with Gasteiger partial charge in [0.2, 0.25) is 5.52 Å². The van der Waals surface area contributed by atoms with Crippen LogP contribution in [-0.2, 0) is 6.54 Å². The zero-order chi connectivity index (χ0) is 40.8. The maximum absolute atomic E-state index is 6.44. The number of nitrogens with zero attached hydrogens (tertiary/aromatic N) is 2. The highest BCUT2D eigenvalue weighted by atomic mass is 32.2.